The van der Waals surface area contributed by atoms with Gasteiger partial charge < -0.3 is 10.3 Å². The Morgan fingerprint density at radius 3 is 2.64 bits per heavy atom. The minimum absolute atomic E-state index is 0.308. The van der Waals surface area contributed by atoms with E-state index in [1.54, 1.807) is 0 Å². The molecule has 8 nitrogen and oxygen atoms in total. The van der Waals surface area contributed by atoms with Crippen LogP contribution in [0.3, 0.4) is 0 Å². The molecule has 8 heteroatoms. The molecule has 1 heterocycles. The molecule has 0 aromatic carbocycles. The monoisotopic (exact) mass is 155 g/mol. The molecule has 1 rings (SSSR count). The number of hydrogen-bond donors (Lipinski definition) is 1. The smallest absolute Gasteiger partial charge is 0.481 e. The summed E-state index contributed by atoms with van der Waals surface area (Å²) < 4.78 is 0. The summed E-state index contributed by atoms with van der Waals surface area (Å²) in [4.78, 5) is 9.96. The molecule has 0 saturated heterocycles. The lowest BCUT2D eigenvalue weighted by atomic mass is 10.2. The average molecular weight is 155 g/mol. The SMILES string of the molecule is N#CC1(C(=O)O)N=N[N+]([O-])=N1. The molecule has 0 fully saturated rings. The van der Waals surface area contributed by atoms with Gasteiger partial charge in [0.05, 0.1) is 5.11 Å². The minimum atomic E-state index is -2.37. The maximum Gasteiger partial charge on any atom is 0.481 e. The summed E-state index contributed by atoms with van der Waals surface area (Å²) in [6.07, 6.45) is 0. The zero-order valence-electron chi connectivity index (χ0n) is 5.00. The van der Waals surface area contributed by atoms with Crippen LogP contribution in [0.25, 0.3) is 0 Å². The second kappa shape index (κ2) is 1.98. The highest BCUT2D eigenvalue weighted by Gasteiger charge is 2.52. The van der Waals surface area contributed by atoms with Crippen molar-refractivity contribution in [1.82, 2.24) is 0 Å². The molecule has 1 N–H and O–H groups in total. The summed E-state index contributed by atoms with van der Waals surface area (Å²) in [6, 6.07) is 1.24. The first kappa shape index (κ1) is 7.07. The third-order valence-electron chi connectivity index (χ3n) is 0.950. The fraction of sp³-hybridized carbons (Fsp3) is 0.333. The second-order valence-electron chi connectivity index (χ2n) is 1.63. The summed E-state index contributed by atoms with van der Waals surface area (Å²) in [6.45, 7) is 0. The van der Waals surface area contributed by atoms with Crippen molar-refractivity contribution < 1.29 is 14.9 Å². The van der Waals surface area contributed by atoms with Crippen molar-refractivity contribution in [2.75, 3.05) is 0 Å². The van der Waals surface area contributed by atoms with Gasteiger partial charge in [-0.25, -0.2) is 4.79 Å². The second-order valence-corrected chi connectivity index (χ2v) is 1.63. The molecule has 1 unspecified atom stereocenters. The van der Waals surface area contributed by atoms with E-state index in [4.69, 9.17) is 10.4 Å². The van der Waals surface area contributed by atoms with Gasteiger partial charge >= 0.3 is 11.6 Å². The number of nitrogens with zero attached hydrogens (tertiary/aromatic N) is 5. The van der Waals surface area contributed by atoms with Crippen LogP contribution in [0, 0.1) is 16.5 Å². The van der Waals surface area contributed by atoms with Crippen LogP contribution in [0.15, 0.2) is 15.5 Å². The van der Waals surface area contributed by atoms with E-state index in [2.05, 4.69) is 15.5 Å². The van der Waals surface area contributed by atoms with Gasteiger partial charge in [-0.15, -0.1) is 0 Å². The van der Waals surface area contributed by atoms with Crippen molar-refractivity contribution in [1.29, 1.82) is 5.26 Å². The molecule has 0 radical (unpaired) electrons. The molecule has 0 aliphatic carbocycles. The minimum Gasteiger partial charge on any atom is -0.671 e. The maximum atomic E-state index is 10.3. The first-order valence-electron chi connectivity index (χ1n) is 2.38. The van der Waals surface area contributed by atoms with Gasteiger partial charge in [0.25, 0.3) is 0 Å². The zero-order chi connectivity index (χ0) is 8.48. The molecule has 1 atom stereocenters. The Balaban J connectivity index is 3.11. The molecule has 0 saturated carbocycles. The summed E-state index contributed by atoms with van der Waals surface area (Å²) in [5.74, 6) is -1.62. The van der Waals surface area contributed by atoms with E-state index >= 15 is 0 Å². The fourth-order valence-electron chi connectivity index (χ4n) is 0.445. The molecule has 1 aliphatic heterocycles. The normalized spacial score (nSPS) is 27.7. The van der Waals surface area contributed by atoms with Gasteiger partial charge in [0.1, 0.15) is 0 Å². The van der Waals surface area contributed by atoms with E-state index in [9.17, 15) is 10.0 Å². The van der Waals surface area contributed by atoms with Gasteiger partial charge in [-0.3, -0.25) is 0 Å². The van der Waals surface area contributed by atoms with Crippen LogP contribution in [0.1, 0.15) is 0 Å². The number of carboxylic acids is 1. The van der Waals surface area contributed by atoms with Crippen LogP contribution in [-0.2, 0) is 4.79 Å². The molecule has 0 aromatic heterocycles. The lowest BCUT2D eigenvalue weighted by Crippen LogP contribution is -2.30. The Morgan fingerprint density at radius 2 is 2.45 bits per heavy atom. The van der Waals surface area contributed by atoms with Crippen molar-refractivity contribution >= 4 is 5.97 Å². The molecule has 0 bridgehead atoms. The zero-order valence-corrected chi connectivity index (χ0v) is 5.00. The van der Waals surface area contributed by atoms with E-state index in [1.807, 2.05) is 0 Å². The molecular weight excluding hydrogens is 154 g/mol. The predicted octanol–water partition coefficient (Wildman–Crippen LogP) is -0.366. The van der Waals surface area contributed by atoms with Crippen LogP contribution in [0.2, 0.25) is 0 Å². The highest BCUT2D eigenvalue weighted by atomic mass is 16.5. The quantitative estimate of drug-likeness (QED) is 0.409. The Bertz CT molecular complexity index is 301. The third-order valence-corrected chi connectivity index (χ3v) is 0.950. The number of carboxylic acid groups (broad SMARTS) is 1. The lowest BCUT2D eigenvalue weighted by Gasteiger charge is -1.94. The summed E-state index contributed by atoms with van der Waals surface area (Å²) >= 11 is 0. The molecular formula is C3HN5O3. The van der Waals surface area contributed by atoms with Crippen LogP contribution in [-0.4, -0.2) is 21.7 Å². The Kier molecular flexibility index (Phi) is 1.27. The maximum absolute atomic E-state index is 10.3. The Labute approximate surface area is 59.6 Å². The average Bonchev–Trinajstić information content (AvgIpc) is 2.33. The Morgan fingerprint density at radius 1 is 1.82 bits per heavy atom. The van der Waals surface area contributed by atoms with Crippen molar-refractivity contribution in [3.63, 3.8) is 0 Å². The highest BCUT2D eigenvalue weighted by Crippen LogP contribution is 2.18. The number of nitriles is 1. The topological polar surface area (TPSA) is 124 Å². The van der Waals surface area contributed by atoms with Crippen LogP contribution < -0.4 is 0 Å². The lowest BCUT2D eigenvalue weighted by molar-refractivity contribution is -0.534. The van der Waals surface area contributed by atoms with Crippen molar-refractivity contribution in [3.05, 3.63) is 5.21 Å². The number of rotatable bonds is 1. The van der Waals surface area contributed by atoms with E-state index in [1.165, 1.54) is 6.07 Å². The van der Waals surface area contributed by atoms with E-state index in [0.29, 0.717) is 0 Å². The van der Waals surface area contributed by atoms with E-state index in [-0.39, 0.29) is 4.97 Å². The molecule has 1 aliphatic rings. The fourth-order valence-corrected chi connectivity index (χ4v) is 0.445. The molecule has 56 valence electrons. The number of carbonyl (C=O) groups is 1. The Hall–Kier alpha value is -2.04. The van der Waals surface area contributed by atoms with Crippen molar-refractivity contribution in [2.45, 2.75) is 5.66 Å². The van der Waals surface area contributed by atoms with E-state index < -0.39 is 11.6 Å². The van der Waals surface area contributed by atoms with Crippen LogP contribution in [0.5, 0.6) is 0 Å². The standard InChI is InChI=1S/C3HN5O3/c4-1-3(2(9)10)5-7-8(11)6-3/h(H,9,10). The van der Waals surface area contributed by atoms with Crippen LogP contribution in [0.4, 0.5) is 0 Å². The van der Waals surface area contributed by atoms with Gasteiger partial charge in [-0.1, -0.05) is 0 Å². The van der Waals surface area contributed by atoms with Gasteiger partial charge in [-0.05, 0) is 10.1 Å². The first-order chi connectivity index (χ1) is 5.10. The van der Waals surface area contributed by atoms with Gasteiger partial charge in [0.15, 0.2) is 11.3 Å². The predicted molar refractivity (Wildman–Crippen MR) is 26.9 cm³/mol. The van der Waals surface area contributed by atoms with E-state index in [0.717, 1.165) is 0 Å². The molecule has 11 heavy (non-hydrogen) atoms. The van der Waals surface area contributed by atoms with Gasteiger partial charge in [-0.2, -0.15) is 5.26 Å². The summed E-state index contributed by atoms with van der Waals surface area (Å²) in [5.41, 5.74) is -2.37. The van der Waals surface area contributed by atoms with Crippen molar-refractivity contribution in [3.8, 4) is 6.07 Å². The van der Waals surface area contributed by atoms with Crippen LogP contribution >= 0.6 is 0 Å². The van der Waals surface area contributed by atoms with Gasteiger partial charge in [0.2, 0.25) is 0 Å². The summed E-state index contributed by atoms with van der Waals surface area (Å²) in [7, 11) is 0. The highest BCUT2D eigenvalue weighted by molar-refractivity contribution is 5.82. The first-order valence-corrected chi connectivity index (χ1v) is 2.38. The van der Waals surface area contributed by atoms with Crippen molar-refractivity contribution in [2.24, 2.45) is 15.5 Å². The molecule has 0 spiro atoms. The largest absolute Gasteiger partial charge is 0.671 e. The molecule has 0 amide bonds. The molecule has 0 aromatic rings. The number of hydrogen-bond acceptors (Lipinski definition) is 6. The van der Waals surface area contributed by atoms with Gasteiger partial charge in [0, 0.05) is 0 Å². The third kappa shape index (κ3) is 0.877. The number of aliphatic carboxylic acids is 1. The summed E-state index contributed by atoms with van der Waals surface area (Å²) in [5, 5.41) is 35.2.